The van der Waals surface area contributed by atoms with Gasteiger partial charge < -0.3 is 10.0 Å². The van der Waals surface area contributed by atoms with Gasteiger partial charge in [-0.15, -0.1) is 0 Å². The van der Waals surface area contributed by atoms with Crippen LogP contribution in [0.1, 0.15) is 24.5 Å². The number of carbonyl (C=O) groups is 1. The Bertz CT molecular complexity index is 614. The van der Waals surface area contributed by atoms with E-state index in [0.29, 0.717) is 0 Å². The van der Waals surface area contributed by atoms with Gasteiger partial charge in [0.2, 0.25) is 0 Å². The van der Waals surface area contributed by atoms with Crippen LogP contribution in [0.4, 0.5) is 0 Å². The maximum Gasteiger partial charge on any atom is 0.318 e. The van der Waals surface area contributed by atoms with Crippen LogP contribution in [-0.4, -0.2) is 35.6 Å². The molecule has 1 N–H and O–H groups in total. The molecule has 1 aliphatic rings. The number of rotatable bonds is 5. The Morgan fingerprint density at radius 1 is 1.09 bits per heavy atom. The zero-order valence-corrected chi connectivity index (χ0v) is 13.5. The van der Waals surface area contributed by atoms with Gasteiger partial charge in [0.05, 0.1) is 0 Å². The molecule has 0 aliphatic carbocycles. The zero-order chi connectivity index (χ0) is 16.3. The normalized spacial score (nSPS) is 18.9. The monoisotopic (exact) mass is 309 g/mol. The van der Waals surface area contributed by atoms with Gasteiger partial charge in [-0.3, -0.25) is 4.79 Å². The van der Waals surface area contributed by atoms with E-state index in [1.165, 1.54) is 0 Å². The smallest absolute Gasteiger partial charge is 0.318 e. The third-order valence-electron chi connectivity index (χ3n) is 5.13. The van der Waals surface area contributed by atoms with Crippen molar-refractivity contribution in [3.05, 3.63) is 71.8 Å². The first-order chi connectivity index (χ1) is 11.2. The highest BCUT2D eigenvalue weighted by atomic mass is 16.4. The number of carboxylic acid groups (broad SMARTS) is 1. The van der Waals surface area contributed by atoms with E-state index in [4.69, 9.17) is 0 Å². The van der Waals surface area contributed by atoms with Gasteiger partial charge in [-0.1, -0.05) is 67.6 Å². The number of carboxylic acids is 1. The maximum atomic E-state index is 12.6. The quantitative estimate of drug-likeness (QED) is 0.920. The minimum atomic E-state index is -0.980. The Kier molecular flexibility index (Phi) is 4.49. The van der Waals surface area contributed by atoms with E-state index in [-0.39, 0.29) is 5.92 Å². The third-order valence-corrected chi connectivity index (χ3v) is 5.13. The number of hydrogen-bond donors (Lipinski definition) is 1. The Labute approximate surface area is 137 Å². The fourth-order valence-corrected chi connectivity index (χ4v) is 3.94. The number of likely N-dealkylation sites (tertiary alicyclic amines) is 1. The lowest BCUT2D eigenvalue weighted by Crippen LogP contribution is -2.45. The number of benzene rings is 2. The fourth-order valence-electron chi connectivity index (χ4n) is 3.94. The third kappa shape index (κ3) is 2.66. The van der Waals surface area contributed by atoms with Gasteiger partial charge in [0.15, 0.2) is 0 Å². The summed E-state index contributed by atoms with van der Waals surface area (Å²) in [4.78, 5) is 14.9. The number of nitrogens with zero attached hydrogens (tertiary/aromatic N) is 1. The van der Waals surface area contributed by atoms with Crippen molar-refractivity contribution >= 4 is 5.97 Å². The molecule has 0 unspecified atom stereocenters. The first-order valence-corrected chi connectivity index (χ1v) is 8.26. The molecule has 0 amide bonds. The van der Waals surface area contributed by atoms with Crippen molar-refractivity contribution in [2.45, 2.75) is 18.8 Å². The van der Waals surface area contributed by atoms with Crippen molar-refractivity contribution in [3.63, 3.8) is 0 Å². The van der Waals surface area contributed by atoms with Gasteiger partial charge in [0.1, 0.15) is 5.41 Å². The summed E-state index contributed by atoms with van der Waals surface area (Å²) in [7, 11) is 0. The molecule has 0 bridgehead atoms. The molecular formula is C20H23NO2. The summed E-state index contributed by atoms with van der Waals surface area (Å²) >= 11 is 0. The Morgan fingerprint density at radius 2 is 1.61 bits per heavy atom. The van der Waals surface area contributed by atoms with Crippen LogP contribution in [0.25, 0.3) is 0 Å². The molecule has 3 nitrogen and oxygen atoms in total. The second-order valence-electron chi connectivity index (χ2n) is 6.22. The van der Waals surface area contributed by atoms with Gasteiger partial charge in [-0.2, -0.15) is 0 Å². The largest absolute Gasteiger partial charge is 0.480 e. The number of hydrogen-bond acceptors (Lipinski definition) is 2. The van der Waals surface area contributed by atoms with Crippen LogP contribution in [-0.2, 0) is 10.2 Å². The molecule has 3 heteroatoms. The molecule has 2 aromatic rings. The van der Waals surface area contributed by atoms with E-state index in [9.17, 15) is 9.90 Å². The molecular weight excluding hydrogens is 286 g/mol. The molecule has 1 atom stereocenters. The van der Waals surface area contributed by atoms with E-state index < -0.39 is 11.4 Å². The van der Waals surface area contributed by atoms with Gasteiger partial charge >= 0.3 is 5.97 Å². The summed E-state index contributed by atoms with van der Waals surface area (Å²) < 4.78 is 0. The lowest BCUT2D eigenvalue weighted by Gasteiger charge is -2.36. The topological polar surface area (TPSA) is 40.5 Å². The van der Waals surface area contributed by atoms with Crippen LogP contribution in [0.5, 0.6) is 0 Å². The van der Waals surface area contributed by atoms with Crippen molar-refractivity contribution in [2.24, 2.45) is 5.92 Å². The highest BCUT2D eigenvalue weighted by Crippen LogP contribution is 2.43. The van der Waals surface area contributed by atoms with E-state index >= 15 is 0 Å². The van der Waals surface area contributed by atoms with Crippen LogP contribution in [0, 0.1) is 5.92 Å². The summed E-state index contributed by atoms with van der Waals surface area (Å²) in [5.41, 5.74) is 0.773. The first-order valence-electron chi connectivity index (χ1n) is 8.26. The summed E-state index contributed by atoms with van der Waals surface area (Å²) in [5, 5.41) is 10.3. The molecule has 2 aromatic carbocycles. The van der Waals surface area contributed by atoms with Gasteiger partial charge in [0.25, 0.3) is 0 Å². The van der Waals surface area contributed by atoms with E-state index in [0.717, 1.165) is 37.2 Å². The van der Waals surface area contributed by atoms with Crippen molar-refractivity contribution in [1.82, 2.24) is 4.90 Å². The van der Waals surface area contributed by atoms with Crippen LogP contribution >= 0.6 is 0 Å². The molecule has 1 saturated heterocycles. The molecule has 23 heavy (non-hydrogen) atoms. The average molecular weight is 309 g/mol. The fraction of sp³-hybridized carbons (Fsp3) is 0.350. The summed E-state index contributed by atoms with van der Waals surface area (Å²) in [5.74, 6) is -0.678. The molecule has 1 fully saturated rings. The lowest BCUT2D eigenvalue weighted by molar-refractivity contribution is -0.144. The number of aliphatic carboxylic acids is 1. The minimum absolute atomic E-state index is 0.0738. The van der Waals surface area contributed by atoms with Crippen molar-refractivity contribution < 1.29 is 9.90 Å². The molecule has 1 aliphatic heterocycles. The van der Waals surface area contributed by atoms with E-state index in [1.807, 2.05) is 60.7 Å². The molecule has 120 valence electrons. The first kappa shape index (κ1) is 15.8. The van der Waals surface area contributed by atoms with Crippen LogP contribution in [0.3, 0.4) is 0 Å². The highest BCUT2D eigenvalue weighted by molar-refractivity contribution is 5.86. The lowest BCUT2D eigenvalue weighted by atomic mass is 9.65. The summed E-state index contributed by atoms with van der Waals surface area (Å²) in [6.45, 7) is 4.90. The van der Waals surface area contributed by atoms with Crippen LogP contribution < -0.4 is 0 Å². The summed E-state index contributed by atoms with van der Waals surface area (Å²) in [6, 6.07) is 19.4. The minimum Gasteiger partial charge on any atom is -0.480 e. The molecule has 0 spiro atoms. The molecule has 1 heterocycles. The average Bonchev–Trinajstić information content (AvgIpc) is 3.06. The maximum absolute atomic E-state index is 12.6. The molecule has 0 radical (unpaired) electrons. The van der Waals surface area contributed by atoms with E-state index in [2.05, 4.69) is 11.8 Å². The second kappa shape index (κ2) is 6.55. The Hall–Kier alpha value is -2.13. The zero-order valence-electron chi connectivity index (χ0n) is 13.5. The van der Waals surface area contributed by atoms with Crippen molar-refractivity contribution in [3.8, 4) is 0 Å². The van der Waals surface area contributed by atoms with Gasteiger partial charge in [-0.25, -0.2) is 0 Å². The van der Waals surface area contributed by atoms with E-state index in [1.54, 1.807) is 0 Å². The van der Waals surface area contributed by atoms with Crippen LogP contribution in [0.15, 0.2) is 60.7 Å². The van der Waals surface area contributed by atoms with Crippen LogP contribution in [0.2, 0.25) is 0 Å². The van der Waals surface area contributed by atoms with Crippen molar-refractivity contribution in [2.75, 3.05) is 19.6 Å². The summed E-state index contributed by atoms with van der Waals surface area (Å²) in [6.07, 6.45) is 0.907. The Morgan fingerprint density at radius 3 is 2.00 bits per heavy atom. The predicted molar refractivity (Wildman–Crippen MR) is 91.5 cm³/mol. The predicted octanol–water partition coefficient (Wildman–Crippen LogP) is 3.40. The van der Waals surface area contributed by atoms with Gasteiger partial charge in [0, 0.05) is 6.54 Å². The molecule has 0 saturated carbocycles. The second-order valence-corrected chi connectivity index (χ2v) is 6.22. The van der Waals surface area contributed by atoms with Crippen molar-refractivity contribution in [1.29, 1.82) is 0 Å². The Balaban J connectivity index is 2.18. The standard InChI is InChI=1S/C20H23NO2/c1-2-21-14-13-18(15-21)20(19(22)23,16-9-5-3-6-10-16)17-11-7-4-8-12-17/h3-12,18H,2,13-15H2,1H3,(H,22,23)/t18-/m0/s1. The molecule has 3 rings (SSSR count). The van der Waals surface area contributed by atoms with Gasteiger partial charge in [-0.05, 0) is 36.6 Å². The highest BCUT2D eigenvalue weighted by Gasteiger charge is 2.50. The molecule has 0 aromatic heterocycles. The SMILES string of the molecule is CCN1CC[C@H](C(C(=O)O)(c2ccccc2)c2ccccc2)C1.